The van der Waals surface area contributed by atoms with E-state index in [1.165, 1.54) is 5.56 Å². The lowest BCUT2D eigenvalue weighted by Crippen LogP contribution is -2.31. The number of benzene rings is 2. The highest BCUT2D eigenvalue weighted by molar-refractivity contribution is 5.55. The van der Waals surface area contributed by atoms with Gasteiger partial charge < -0.3 is 14.2 Å². The van der Waals surface area contributed by atoms with E-state index in [9.17, 15) is 0 Å². The Labute approximate surface area is 183 Å². The van der Waals surface area contributed by atoms with Crippen LogP contribution in [0.4, 0.5) is 0 Å². The van der Waals surface area contributed by atoms with Gasteiger partial charge in [0.2, 0.25) is 0 Å². The molecular weight excluding hydrogens is 390 g/mol. The van der Waals surface area contributed by atoms with Crippen LogP contribution in [0.1, 0.15) is 24.0 Å². The van der Waals surface area contributed by atoms with Gasteiger partial charge in [-0.25, -0.2) is 9.97 Å². The molecule has 1 aliphatic rings. The van der Waals surface area contributed by atoms with Crippen molar-refractivity contribution in [2.45, 2.75) is 32.0 Å². The van der Waals surface area contributed by atoms with Crippen LogP contribution in [0.2, 0.25) is 0 Å². The van der Waals surface area contributed by atoms with Gasteiger partial charge in [0.05, 0.1) is 20.3 Å². The molecule has 4 rings (SSSR count). The monoisotopic (exact) mass is 419 g/mol. The van der Waals surface area contributed by atoms with Crippen LogP contribution in [0, 0.1) is 0 Å². The topological polar surface area (TPSA) is 56.7 Å². The minimum absolute atomic E-state index is 0.282. The van der Waals surface area contributed by atoms with Crippen molar-refractivity contribution in [2.24, 2.45) is 0 Å². The van der Waals surface area contributed by atoms with Crippen LogP contribution in [-0.2, 0) is 17.8 Å². The summed E-state index contributed by atoms with van der Waals surface area (Å²) in [5, 5.41) is 0. The van der Waals surface area contributed by atoms with Crippen LogP contribution in [0.3, 0.4) is 0 Å². The Morgan fingerprint density at radius 1 is 0.935 bits per heavy atom. The maximum atomic E-state index is 5.89. The van der Waals surface area contributed by atoms with Gasteiger partial charge in [0, 0.05) is 49.8 Å². The number of nitrogens with zero attached hydrogens (tertiary/aromatic N) is 3. The predicted molar refractivity (Wildman–Crippen MR) is 120 cm³/mol. The molecule has 0 N–H and O–H groups in total. The predicted octanol–water partition coefficient (Wildman–Crippen LogP) is 4.34. The third kappa shape index (κ3) is 5.81. The van der Waals surface area contributed by atoms with Crippen molar-refractivity contribution >= 4 is 0 Å². The summed E-state index contributed by atoms with van der Waals surface area (Å²) in [5.74, 6) is 2.41. The fourth-order valence-electron chi connectivity index (χ4n) is 3.87. The lowest BCUT2D eigenvalue weighted by molar-refractivity contribution is 0.0678. The van der Waals surface area contributed by atoms with Crippen LogP contribution >= 0.6 is 0 Å². The second kappa shape index (κ2) is 10.4. The second-order valence-electron chi connectivity index (χ2n) is 7.80. The number of methoxy groups -OCH3 is 2. The first-order chi connectivity index (χ1) is 15.2. The van der Waals surface area contributed by atoms with E-state index in [1.807, 2.05) is 48.8 Å². The zero-order valence-electron chi connectivity index (χ0n) is 18.2. The maximum absolute atomic E-state index is 5.89. The molecule has 1 aromatic heterocycles. The number of hydrogen-bond acceptors (Lipinski definition) is 6. The summed E-state index contributed by atoms with van der Waals surface area (Å²) >= 11 is 0. The Balaban J connectivity index is 1.47. The van der Waals surface area contributed by atoms with Crippen molar-refractivity contribution in [3.05, 3.63) is 72.1 Å². The van der Waals surface area contributed by atoms with Crippen molar-refractivity contribution in [3.63, 3.8) is 0 Å². The molecule has 0 aliphatic carbocycles. The second-order valence-corrected chi connectivity index (χ2v) is 7.80. The van der Waals surface area contributed by atoms with Gasteiger partial charge in [0.25, 0.3) is 0 Å². The van der Waals surface area contributed by atoms with E-state index in [2.05, 4.69) is 27.0 Å². The molecule has 0 spiro atoms. The van der Waals surface area contributed by atoms with Gasteiger partial charge in [-0.3, -0.25) is 4.90 Å². The molecule has 6 heteroatoms. The molecule has 0 amide bonds. The van der Waals surface area contributed by atoms with E-state index in [1.54, 1.807) is 14.2 Å². The summed E-state index contributed by atoms with van der Waals surface area (Å²) in [5.41, 5.74) is 3.27. The SMILES string of the molecule is COc1ccc(-c2ncc(CN(Cc3cccc(OC)c3)CC3CCCO3)cn2)cc1. The normalized spacial score (nSPS) is 15.9. The van der Waals surface area contributed by atoms with E-state index in [-0.39, 0.29) is 6.10 Å². The largest absolute Gasteiger partial charge is 0.497 e. The Bertz CT molecular complexity index is 955. The Kier molecular flexibility index (Phi) is 7.12. The highest BCUT2D eigenvalue weighted by atomic mass is 16.5. The summed E-state index contributed by atoms with van der Waals surface area (Å²) in [6, 6.07) is 16.0. The van der Waals surface area contributed by atoms with Crippen molar-refractivity contribution in [1.29, 1.82) is 0 Å². The molecular formula is C25H29N3O3. The fraction of sp³-hybridized carbons (Fsp3) is 0.360. The molecule has 2 heterocycles. The average Bonchev–Trinajstić information content (AvgIpc) is 3.33. The van der Waals surface area contributed by atoms with Crippen molar-refractivity contribution in [3.8, 4) is 22.9 Å². The number of ether oxygens (including phenoxy) is 3. The van der Waals surface area contributed by atoms with E-state index < -0.39 is 0 Å². The zero-order valence-corrected chi connectivity index (χ0v) is 18.2. The molecule has 0 bridgehead atoms. The summed E-state index contributed by atoms with van der Waals surface area (Å²) in [6.45, 7) is 3.33. The van der Waals surface area contributed by atoms with Gasteiger partial charge in [0.1, 0.15) is 11.5 Å². The molecule has 31 heavy (non-hydrogen) atoms. The van der Waals surface area contributed by atoms with E-state index in [4.69, 9.17) is 14.2 Å². The molecule has 1 unspecified atom stereocenters. The Hall–Kier alpha value is -2.96. The zero-order chi connectivity index (χ0) is 21.5. The van der Waals surface area contributed by atoms with E-state index in [0.29, 0.717) is 5.82 Å². The molecule has 3 aromatic rings. The van der Waals surface area contributed by atoms with Crippen molar-refractivity contribution in [2.75, 3.05) is 27.4 Å². The molecule has 1 aliphatic heterocycles. The Morgan fingerprint density at radius 2 is 1.68 bits per heavy atom. The summed E-state index contributed by atoms with van der Waals surface area (Å²) in [6.07, 6.45) is 6.37. The average molecular weight is 420 g/mol. The van der Waals surface area contributed by atoms with Crippen LogP contribution in [0.15, 0.2) is 60.9 Å². The number of rotatable bonds is 9. The van der Waals surface area contributed by atoms with Crippen LogP contribution in [0.25, 0.3) is 11.4 Å². The standard InChI is InChI=1S/C25H29N3O3/c1-29-22-10-8-21(9-11-22)25-26-14-20(15-27-25)17-28(18-24-7-4-12-31-24)16-19-5-3-6-23(13-19)30-2/h3,5-6,8-11,13-15,24H,4,7,12,16-18H2,1-2H3. The molecule has 0 radical (unpaired) electrons. The Morgan fingerprint density at radius 3 is 2.35 bits per heavy atom. The summed E-state index contributed by atoms with van der Waals surface area (Å²) in [7, 11) is 3.36. The molecule has 2 aromatic carbocycles. The van der Waals surface area contributed by atoms with Crippen molar-refractivity contribution in [1.82, 2.24) is 14.9 Å². The van der Waals surface area contributed by atoms with E-state index in [0.717, 1.165) is 61.7 Å². The first-order valence-corrected chi connectivity index (χ1v) is 10.7. The fourth-order valence-corrected chi connectivity index (χ4v) is 3.87. The van der Waals surface area contributed by atoms with Gasteiger partial charge in [-0.15, -0.1) is 0 Å². The first kappa shape index (κ1) is 21.3. The molecule has 1 saturated heterocycles. The highest BCUT2D eigenvalue weighted by Crippen LogP contribution is 2.21. The summed E-state index contributed by atoms with van der Waals surface area (Å²) < 4.78 is 16.5. The highest BCUT2D eigenvalue weighted by Gasteiger charge is 2.20. The lowest BCUT2D eigenvalue weighted by Gasteiger charge is -2.25. The number of hydrogen-bond donors (Lipinski definition) is 0. The van der Waals surface area contributed by atoms with Gasteiger partial charge >= 0.3 is 0 Å². The van der Waals surface area contributed by atoms with Crippen LogP contribution in [0.5, 0.6) is 11.5 Å². The molecule has 1 fully saturated rings. The van der Waals surface area contributed by atoms with Gasteiger partial charge in [-0.2, -0.15) is 0 Å². The number of aromatic nitrogens is 2. The maximum Gasteiger partial charge on any atom is 0.159 e. The summed E-state index contributed by atoms with van der Waals surface area (Å²) in [4.78, 5) is 11.6. The van der Waals surface area contributed by atoms with Gasteiger partial charge in [-0.1, -0.05) is 12.1 Å². The minimum Gasteiger partial charge on any atom is -0.497 e. The quantitative estimate of drug-likeness (QED) is 0.514. The van der Waals surface area contributed by atoms with Crippen molar-refractivity contribution < 1.29 is 14.2 Å². The van der Waals surface area contributed by atoms with Gasteiger partial charge in [-0.05, 0) is 54.8 Å². The third-order valence-corrected chi connectivity index (χ3v) is 5.49. The third-order valence-electron chi connectivity index (χ3n) is 5.49. The van der Waals surface area contributed by atoms with Crippen LogP contribution in [-0.4, -0.2) is 48.3 Å². The molecule has 0 saturated carbocycles. The van der Waals surface area contributed by atoms with Crippen LogP contribution < -0.4 is 9.47 Å². The molecule has 1 atom stereocenters. The smallest absolute Gasteiger partial charge is 0.159 e. The van der Waals surface area contributed by atoms with E-state index >= 15 is 0 Å². The first-order valence-electron chi connectivity index (χ1n) is 10.7. The van der Waals surface area contributed by atoms with Gasteiger partial charge in [0.15, 0.2) is 5.82 Å². The molecule has 6 nitrogen and oxygen atoms in total. The minimum atomic E-state index is 0.282. The lowest BCUT2D eigenvalue weighted by atomic mass is 10.1. The molecule has 162 valence electrons.